The van der Waals surface area contributed by atoms with E-state index in [0.717, 1.165) is 0 Å². The molecule has 11 heteroatoms. The maximum absolute atomic E-state index is 15.3. The number of rotatable bonds is 7. The second-order valence-corrected chi connectivity index (χ2v) is 9.62. The van der Waals surface area contributed by atoms with E-state index in [2.05, 4.69) is 10.7 Å². The minimum absolute atomic E-state index is 0.209. The first-order chi connectivity index (χ1) is 19.7. The molecule has 0 aliphatic carbocycles. The highest BCUT2D eigenvalue weighted by molar-refractivity contribution is 6.02. The predicted octanol–water partition coefficient (Wildman–Crippen LogP) is 3.91. The highest BCUT2D eigenvalue weighted by Gasteiger charge is 2.45. The smallest absolute Gasteiger partial charge is 0.298 e. The lowest BCUT2D eigenvalue weighted by Gasteiger charge is -2.37. The fraction of sp³-hybridized carbons (Fsp3) is 0.233. The normalized spacial score (nSPS) is 18.3. The van der Waals surface area contributed by atoms with Crippen LogP contribution in [0.25, 0.3) is 0 Å². The van der Waals surface area contributed by atoms with Gasteiger partial charge in [-0.2, -0.15) is 14.0 Å². The van der Waals surface area contributed by atoms with Crippen molar-refractivity contribution in [2.24, 2.45) is 0 Å². The van der Waals surface area contributed by atoms with Gasteiger partial charge < -0.3 is 14.8 Å². The molecule has 5 rings (SSSR count). The third kappa shape index (κ3) is 5.05. The average molecular weight is 560 g/mol. The highest BCUT2D eigenvalue weighted by atomic mass is 19.3. The molecule has 2 aliphatic heterocycles. The number of hydrazine groups is 1. The van der Waals surface area contributed by atoms with Gasteiger partial charge in [0.25, 0.3) is 17.7 Å². The Hall–Kier alpha value is -4.95. The largest absolute Gasteiger partial charge is 0.497 e. The summed E-state index contributed by atoms with van der Waals surface area (Å²) in [6.07, 6.45) is 1.73. The number of nitriles is 1. The summed E-state index contributed by atoms with van der Waals surface area (Å²) in [6, 6.07) is 16.4. The minimum Gasteiger partial charge on any atom is -0.497 e. The molecule has 0 bridgehead atoms. The molecule has 2 heterocycles. The van der Waals surface area contributed by atoms with Crippen molar-refractivity contribution < 1.29 is 27.8 Å². The molecule has 2 aliphatic rings. The van der Waals surface area contributed by atoms with E-state index in [0.29, 0.717) is 22.9 Å². The molecule has 0 spiro atoms. The molecule has 2 amide bonds. The SMILES string of the molecule is COc1cccc(C(F)(F)c2ccc(N3C(=O)C4[C@@H](NC(=O)c5ccc(OC)c(C#N)c5)CNN4C=C3C)cc2)c1. The monoisotopic (exact) mass is 559 g/mol. The molecule has 2 N–H and O–H groups in total. The zero-order chi connectivity index (χ0) is 29.3. The van der Waals surface area contributed by atoms with Crippen molar-refractivity contribution in [3.63, 3.8) is 0 Å². The van der Waals surface area contributed by atoms with Gasteiger partial charge in [0.2, 0.25) is 0 Å². The van der Waals surface area contributed by atoms with E-state index in [1.54, 1.807) is 24.2 Å². The maximum atomic E-state index is 15.3. The van der Waals surface area contributed by atoms with Gasteiger partial charge in [-0.1, -0.05) is 24.3 Å². The van der Waals surface area contributed by atoms with Gasteiger partial charge in [0, 0.05) is 40.8 Å². The van der Waals surface area contributed by atoms with Gasteiger partial charge in [-0.25, -0.2) is 5.43 Å². The number of fused-ring (bicyclic) bond motifs is 1. The van der Waals surface area contributed by atoms with Crippen LogP contribution in [0.1, 0.15) is 34.0 Å². The fourth-order valence-electron chi connectivity index (χ4n) is 5.04. The fourth-order valence-corrected chi connectivity index (χ4v) is 5.04. The molecule has 210 valence electrons. The number of alkyl halides is 2. The number of hydrogen-bond donors (Lipinski definition) is 2. The van der Waals surface area contributed by atoms with Crippen LogP contribution in [0.4, 0.5) is 14.5 Å². The first-order valence-electron chi connectivity index (χ1n) is 12.7. The van der Waals surface area contributed by atoms with E-state index in [4.69, 9.17) is 9.47 Å². The van der Waals surface area contributed by atoms with Crippen LogP contribution in [0, 0.1) is 11.3 Å². The number of ether oxygens (including phenoxy) is 2. The van der Waals surface area contributed by atoms with Gasteiger partial charge in [-0.3, -0.25) is 19.5 Å². The van der Waals surface area contributed by atoms with Gasteiger partial charge in [-0.15, -0.1) is 0 Å². The van der Waals surface area contributed by atoms with Crippen LogP contribution in [-0.2, 0) is 10.7 Å². The standard InChI is InChI=1S/C30H27F2N5O4/c1-18-17-36-27(25(16-34-36)35-28(38)19-7-12-26(41-3)20(13-19)15-33)29(39)37(18)23-10-8-21(9-11-23)30(31,32)22-5-4-6-24(14-22)40-2/h4-14,17,25,27,34H,16H2,1-3H3,(H,35,38)/t25-,27?/m0/s1. The van der Waals surface area contributed by atoms with Crippen molar-refractivity contribution in [3.05, 3.63) is 101 Å². The summed E-state index contributed by atoms with van der Waals surface area (Å²) in [5.41, 5.74) is 4.12. The van der Waals surface area contributed by atoms with Gasteiger partial charge in [0.05, 0.1) is 25.8 Å². The first-order valence-corrected chi connectivity index (χ1v) is 12.7. The van der Waals surface area contributed by atoms with Crippen LogP contribution in [0.15, 0.2) is 78.6 Å². The van der Waals surface area contributed by atoms with E-state index in [1.165, 1.54) is 79.8 Å². The molecule has 0 aromatic heterocycles. The molecule has 1 unspecified atom stereocenters. The molecule has 9 nitrogen and oxygen atoms in total. The van der Waals surface area contributed by atoms with E-state index in [-0.39, 0.29) is 34.7 Å². The van der Waals surface area contributed by atoms with Crippen molar-refractivity contribution >= 4 is 17.5 Å². The maximum Gasteiger partial charge on any atom is 0.298 e. The van der Waals surface area contributed by atoms with E-state index in [1.807, 2.05) is 6.07 Å². The number of amides is 2. The zero-order valence-corrected chi connectivity index (χ0v) is 22.5. The van der Waals surface area contributed by atoms with Crippen LogP contribution in [-0.4, -0.2) is 49.7 Å². The molecule has 1 saturated heterocycles. The number of carbonyl (C=O) groups excluding carboxylic acids is 2. The van der Waals surface area contributed by atoms with E-state index in [9.17, 15) is 14.9 Å². The summed E-state index contributed by atoms with van der Waals surface area (Å²) in [4.78, 5) is 28.2. The summed E-state index contributed by atoms with van der Waals surface area (Å²) in [7, 11) is 2.85. The number of nitrogens with zero attached hydrogens (tertiary/aromatic N) is 3. The summed E-state index contributed by atoms with van der Waals surface area (Å²) in [5.74, 6) is -3.39. The summed E-state index contributed by atoms with van der Waals surface area (Å²) in [6.45, 7) is 2.02. The van der Waals surface area contributed by atoms with Crippen molar-refractivity contribution in [2.75, 3.05) is 25.7 Å². The Morgan fingerprint density at radius 2 is 1.83 bits per heavy atom. The lowest BCUT2D eigenvalue weighted by atomic mass is 9.99. The number of nitrogens with one attached hydrogen (secondary N) is 2. The molecular formula is C30H27F2N5O4. The van der Waals surface area contributed by atoms with Crippen molar-refractivity contribution in [1.29, 1.82) is 5.26 Å². The lowest BCUT2D eigenvalue weighted by molar-refractivity contribution is -0.123. The van der Waals surface area contributed by atoms with Gasteiger partial charge >= 0.3 is 0 Å². The van der Waals surface area contributed by atoms with Gasteiger partial charge in [0.1, 0.15) is 23.6 Å². The number of methoxy groups -OCH3 is 2. The lowest BCUT2D eigenvalue weighted by Crippen LogP contribution is -2.56. The van der Waals surface area contributed by atoms with Crippen LogP contribution >= 0.6 is 0 Å². The van der Waals surface area contributed by atoms with Crippen molar-refractivity contribution in [1.82, 2.24) is 15.8 Å². The quantitative estimate of drug-likeness (QED) is 0.452. The molecule has 2 atom stereocenters. The van der Waals surface area contributed by atoms with E-state index >= 15 is 8.78 Å². The van der Waals surface area contributed by atoms with Crippen LogP contribution in [0.2, 0.25) is 0 Å². The third-order valence-electron chi connectivity index (χ3n) is 7.15. The average Bonchev–Trinajstić information content (AvgIpc) is 3.39. The summed E-state index contributed by atoms with van der Waals surface area (Å²) in [5, 5.41) is 13.9. The molecule has 0 saturated carbocycles. The third-order valence-corrected chi connectivity index (χ3v) is 7.15. The molecule has 3 aromatic rings. The van der Waals surface area contributed by atoms with E-state index < -0.39 is 23.9 Å². The molecule has 0 radical (unpaired) electrons. The Labute approximate surface area is 235 Å². The highest BCUT2D eigenvalue weighted by Crippen LogP contribution is 2.38. The zero-order valence-electron chi connectivity index (χ0n) is 22.5. The molecular weight excluding hydrogens is 532 g/mol. The second-order valence-electron chi connectivity index (χ2n) is 9.62. The molecule has 41 heavy (non-hydrogen) atoms. The number of hydrogen-bond acceptors (Lipinski definition) is 7. The second kappa shape index (κ2) is 10.9. The number of allylic oxidation sites excluding steroid dienone is 1. The molecule has 1 fully saturated rings. The Balaban J connectivity index is 1.36. The minimum atomic E-state index is -3.28. The Kier molecular flexibility index (Phi) is 7.34. The number of carbonyl (C=O) groups is 2. The predicted molar refractivity (Wildman–Crippen MR) is 146 cm³/mol. The van der Waals surface area contributed by atoms with Crippen LogP contribution in [0.5, 0.6) is 11.5 Å². The summed E-state index contributed by atoms with van der Waals surface area (Å²) >= 11 is 0. The number of anilines is 1. The number of halogens is 2. The Morgan fingerprint density at radius 1 is 1.07 bits per heavy atom. The van der Waals surface area contributed by atoms with Gasteiger partial charge in [0.15, 0.2) is 0 Å². The van der Waals surface area contributed by atoms with Crippen molar-refractivity contribution in [3.8, 4) is 17.6 Å². The van der Waals surface area contributed by atoms with Gasteiger partial charge in [-0.05, 0) is 49.4 Å². The van der Waals surface area contributed by atoms with Crippen LogP contribution in [0.3, 0.4) is 0 Å². The Morgan fingerprint density at radius 3 is 2.51 bits per heavy atom. The molecule has 3 aromatic carbocycles. The topological polar surface area (TPSA) is 107 Å². The van der Waals surface area contributed by atoms with Crippen molar-refractivity contribution in [2.45, 2.75) is 24.9 Å². The number of benzene rings is 3. The summed E-state index contributed by atoms with van der Waals surface area (Å²) < 4.78 is 40.8. The van der Waals surface area contributed by atoms with Crippen LogP contribution < -0.4 is 25.1 Å². The first kappa shape index (κ1) is 27.6. The Bertz CT molecular complexity index is 1570.